The number of aromatic nitrogens is 2. The number of hydrogen-bond acceptors (Lipinski definition) is 1. The molecule has 0 unspecified atom stereocenters. The third-order valence-corrected chi connectivity index (χ3v) is 4.06. The number of hydrogen-bond donors (Lipinski definition) is 0. The van der Waals surface area contributed by atoms with E-state index in [0.29, 0.717) is 21.3 Å². The second-order valence-electron chi connectivity index (χ2n) is 4.35. The Hall–Kier alpha value is -1.17. The molecule has 7 heteroatoms. The number of nitrogens with zero attached hydrogens (tertiary/aromatic N) is 2. The molecular formula is C14H7BrCl2F2N2. The van der Waals surface area contributed by atoms with Gasteiger partial charge in [-0.1, -0.05) is 27.5 Å². The maximum absolute atomic E-state index is 14.1. The van der Waals surface area contributed by atoms with Crippen molar-refractivity contribution < 1.29 is 8.78 Å². The van der Waals surface area contributed by atoms with Crippen LogP contribution in [0.4, 0.5) is 8.78 Å². The molecule has 0 fully saturated rings. The van der Waals surface area contributed by atoms with Crippen molar-refractivity contribution in [3.8, 4) is 5.69 Å². The van der Waals surface area contributed by atoms with E-state index in [1.165, 1.54) is 22.8 Å². The first-order valence-electron chi connectivity index (χ1n) is 5.89. The summed E-state index contributed by atoms with van der Waals surface area (Å²) in [6.07, 6.45) is 0. The molecule has 0 saturated carbocycles. The summed E-state index contributed by atoms with van der Waals surface area (Å²) in [6, 6.07) is 7.14. The van der Waals surface area contributed by atoms with E-state index in [0.717, 1.165) is 0 Å². The summed E-state index contributed by atoms with van der Waals surface area (Å²) in [5, 5.41) is -0.0554. The second-order valence-corrected chi connectivity index (χ2v) is 5.94. The summed E-state index contributed by atoms with van der Waals surface area (Å²) < 4.78 is 29.9. The molecule has 0 amide bonds. The van der Waals surface area contributed by atoms with Gasteiger partial charge in [0.25, 0.3) is 0 Å². The Balaban J connectivity index is 2.40. The lowest BCUT2D eigenvalue weighted by Crippen LogP contribution is -2.02. The zero-order valence-electron chi connectivity index (χ0n) is 10.4. The van der Waals surface area contributed by atoms with Gasteiger partial charge in [-0.3, -0.25) is 4.57 Å². The Morgan fingerprint density at radius 1 is 1.14 bits per heavy atom. The van der Waals surface area contributed by atoms with E-state index in [4.69, 9.17) is 23.2 Å². The fourth-order valence-electron chi connectivity index (χ4n) is 2.14. The molecule has 3 rings (SSSR count). The van der Waals surface area contributed by atoms with E-state index >= 15 is 0 Å². The quantitative estimate of drug-likeness (QED) is 0.530. The summed E-state index contributed by atoms with van der Waals surface area (Å²) >= 11 is 15.0. The Bertz CT molecular complexity index is 849. The van der Waals surface area contributed by atoms with Crippen molar-refractivity contribution in [2.24, 2.45) is 0 Å². The average molecular weight is 392 g/mol. The van der Waals surface area contributed by atoms with Crippen LogP contribution in [0.5, 0.6) is 0 Å². The Kier molecular flexibility index (Phi) is 3.90. The Morgan fingerprint density at radius 3 is 2.62 bits per heavy atom. The SMILES string of the molecule is Fc1cc2nc(CCl)n(-c3cc(Br)ccc3F)c2cc1Cl. The molecule has 2 nitrogen and oxygen atoms in total. The van der Waals surface area contributed by atoms with E-state index in [9.17, 15) is 8.78 Å². The molecule has 0 bridgehead atoms. The molecule has 0 saturated heterocycles. The van der Waals surface area contributed by atoms with Crippen LogP contribution in [0.25, 0.3) is 16.7 Å². The number of imidazole rings is 1. The maximum atomic E-state index is 14.1. The van der Waals surface area contributed by atoms with Crippen LogP contribution in [0.1, 0.15) is 5.82 Å². The van der Waals surface area contributed by atoms with E-state index < -0.39 is 11.6 Å². The van der Waals surface area contributed by atoms with E-state index in [-0.39, 0.29) is 16.6 Å². The highest BCUT2D eigenvalue weighted by molar-refractivity contribution is 9.10. The van der Waals surface area contributed by atoms with Crippen molar-refractivity contribution in [1.82, 2.24) is 9.55 Å². The van der Waals surface area contributed by atoms with Crippen molar-refractivity contribution in [2.75, 3.05) is 0 Å². The van der Waals surface area contributed by atoms with Crippen LogP contribution in [0.2, 0.25) is 5.02 Å². The van der Waals surface area contributed by atoms with Crippen molar-refractivity contribution in [1.29, 1.82) is 0 Å². The molecule has 0 aliphatic rings. The molecule has 0 aliphatic heterocycles. The Labute approximate surface area is 137 Å². The molecule has 0 N–H and O–H groups in total. The molecule has 1 heterocycles. The predicted octanol–water partition coefficient (Wildman–Crippen LogP) is 5.46. The van der Waals surface area contributed by atoms with Gasteiger partial charge in [-0.25, -0.2) is 13.8 Å². The predicted molar refractivity (Wildman–Crippen MR) is 83.3 cm³/mol. The van der Waals surface area contributed by atoms with Crippen LogP contribution < -0.4 is 0 Å². The number of alkyl halides is 1. The zero-order valence-corrected chi connectivity index (χ0v) is 13.5. The van der Waals surface area contributed by atoms with Crippen LogP contribution in [0, 0.1) is 11.6 Å². The largest absolute Gasteiger partial charge is 0.292 e. The fraction of sp³-hybridized carbons (Fsp3) is 0.0714. The monoisotopic (exact) mass is 390 g/mol. The number of rotatable bonds is 2. The summed E-state index contributed by atoms with van der Waals surface area (Å²) in [4.78, 5) is 4.23. The minimum atomic E-state index is -0.579. The van der Waals surface area contributed by atoms with Gasteiger partial charge in [0.15, 0.2) is 0 Å². The number of halogens is 5. The third kappa shape index (κ3) is 2.54. The minimum absolute atomic E-state index is 0.0554. The van der Waals surface area contributed by atoms with Gasteiger partial charge < -0.3 is 0 Å². The second kappa shape index (κ2) is 5.55. The van der Waals surface area contributed by atoms with E-state index in [1.54, 1.807) is 12.1 Å². The fourth-order valence-corrected chi connectivity index (χ4v) is 2.82. The van der Waals surface area contributed by atoms with Crippen LogP contribution in [0.15, 0.2) is 34.8 Å². The molecule has 108 valence electrons. The highest BCUT2D eigenvalue weighted by atomic mass is 79.9. The lowest BCUT2D eigenvalue weighted by Gasteiger charge is -2.10. The lowest BCUT2D eigenvalue weighted by molar-refractivity contribution is 0.617. The van der Waals surface area contributed by atoms with Gasteiger partial charge in [0.05, 0.1) is 27.6 Å². The van der Waals surface area contributed by atoms with Crippen LogP contribution in [-0.2, 0) is 5.88 Å². The van der Waals surface area contributed by atoms with E-state index in [2.05, 4.69) is 20.9 Å². The van der Waals surface area contributed by atoms with Crippen molar-refractivity contribution >= 4 is 50.2 Å². The number of fused-ring (bicyclic) bond motifs is 1. The highest BCUT2D eigenvalue weighted by Gasteiger charge is 2.17. The maximum Gasteiger partial charge on any atom is 0.147 e. The normalized spacial score (nSPS) is 11.3. The lowest BCUT2D eigenvalue weighted by atomic mass is 10.2. The van der Waals surface area contributed by atoms with Gasteiger partial charge in [0.1, 0.15) is 17.5 Å². The van der Waals surface area contributed by atoms with Gasteiger partial charge in [0, 0.05) is 10.5 Å². The van der Waals surface area contributed by atoms with Gasteiger partial charge >= 0.3 is 0 Å². The van der Waals surface area contributed by atoms with Gasteiger partial charge in [-0.2, -0.15) is 0 Å². The van der Waals surface area contributed by atoms with Gasteiger partial charge in [-0.05, 0) is 24.3 Å². The molecule has 0 atom stereocenters. The van der Waals surface area contributed by atoms with Crippen LogP contribution in [0.3, 0.4) is 0 Å². The smallest absolute Gasteiger partial charge is 0.147 e. The molecule has 1 aromatic heterocycles. The first-order chi connectivity index (χ1) is 10.0. The van der Waals surface area contributed by atoms with Crippen LogP contribution >= 0.6 is 39.1 Å². The summed E-state index contributed by atoms with van der Waals surface area (Å²) in [6.45, 7) is 0. The highest BCUT2D eigenvalue weighted by Crippen LogP contribution is 2.29. The molecule has 21 heavy (non-hydrogen) atoms. The molecular weight excluding hydrogens is 385 g/mol. The van der Waals surface area contributed by atoms with Gasteiger partial charge in [-0.15, -0.1) is 11.6 Å². The number of benzene rings is 2. The Morgan fingerprint density at radius 2 is 1.90 bits per heavy atom. The summed E-state index contributed by atoms with van der Waals surface area (Å²) in [7, 11) is 0. The first-order valence-corrected chi connectivity index (χ1v) is 7.59. The third-order valence-electron chi connectivity index (χ3n) is 3.03. The van der Waals surface area contributed by atoms with Crippen molar-refractivity contribution in [3.05, 3.63) is 57.3 Å². The van der Waals surface area contributed by atoms with Crippen molar-refractivity contribution in [3.63, 3.8) is 0 Å². The first kappa shape index (κ1) is 14.8. The molecule has 2 aromatic carbocycles. The zero-order chi connectivity index (χ0) is 15.1. The van der Waals surface area contributed by atoms with E-state index in [1.807, 2.05) is 0 Å². The summed E-state index contributed by atoms with van der Waals surface area (Å²) in [5.74, 6) is -0.556. The molecule has 0 spiro atoms. The summed E-state index contributed by atoms with van der Waals surface area (Å²) in [5.41, 5.74) is 1.13. The minimum Gasteiger partial charge on any atom is -0.292 e. The molecule has 0 radical (unpaired) electrons. The molecule has 0 aliphatic carbocycles. The average Bonchev–Trinajstić information content (AvgIpc) is 2.79. The van der Waals surface area contributed by atoms with Crippen LogP contribution in [-0.4, -0.2) is 9.55 Å². The van der Waals surface area contributed by atoms with Gasteiger partial charge in [0.2, 0.25) is 0 Å². The molecule has 3 aromatic rings. The standard InChI is InChI=1S/C14H7BrCl2F2N2/c15-7-1-2-9(18)12(3-7)21-13-4-8(17)10(19)5-11(13)20-14(21)6-16/h1-5H,6H2. The van der Waals surface area contributed by atoms with Crippen molar-refractivity contribution in [2.45, 2.75) is 5.88 Å². The topological polar surface area (TPSA) is 17.8 Å².